The third kappa shape index (κ3) is 5.70. The maximum atomic E-state index is 12.1. The number of aliphatic hydroxyl groups excluding tert-OH is 1. The Balaban J connectivity index is 2.34. The molecular formula is C16H32N2O2. The van der Waals surface area contributed by atoms with Crippen LogP contribution in [0.15, 0.2) is 0 Å². The number of hydrogen-bond donors (Lipinski definition) is 2. The maximum Gasteiger partial charge on any atom is 0.317 e. The molecule has 0 radical (unpaired) electrons. The molecule has 1 aliphatic rings. The number of hydrogen-bond acceptors (Lipinski definition) is 2. The zero-order chi connectivity index (χ0) is 15.3. The molecule has 2 atom stereocenters. The highest BCUT2D eigenvalue weighted by Gasteiger charge is 2.28. The zero-order valence-electron chi connectivity index (χ0n) is 13.8. The smallest absolute Gasteiger partial charge is 0.317 e. The van der Waals surface area contributed by atoms with E-state index < -0.39 is 0 Å². The number of carbonyl (C=O) groups is 1. The minimum absolute atomic E-state index is 0.0269. The summed E-state index contributed by atoms with van der Waals surface area (Å²) in [5.41, 5.74) is 0.123. The van der Waals surface area contributed by atoms with E-state index in [4.69, 9.17) is 0 Å². The summed E-state index contributed by atoms with van der Waals surface area (Å²) < 4.78 is 0. The summed E-state index contributed by atoms with van der Waals surface area (Å²) in [7, 11) is 1.82. The number of aliphatic hydroxyl groups is 1. The molecule has 0 aliphatic heterocycles. The predicted molar refractivity (Wildman–Crippen MR) is 82.6 cm³/mol. The van der Waals surface area contributed by atoms with Gasteiger partial charge in [-0.25, -0.2) is 4.79 Å². The van der Waals surface area contributed by atoms with Crippen LogP contribution in [0.4, 0.5) is 4.79 Å². The van der Waals surface area contributed by atoms with Gasteiger partial charge >= 0.3 is 6.03 Å². The Bertz CT molecular complexity index is 316. The quantitative estimate of drug-likeness (QED) is 0.788. The lowest BCUT2D eigenvalue weighted by Crippen LogP contribution is -2.44. The van der Waals surface area contributed by atoms with Crippen LogP contribution in [0.3, 0.4) is 0 Å². The van der Waals surface area contributed by atoms with E-state index in [9.17, 15) is 9.90 Å². The van der Waals surface area contributed by atoms with Crippen LogP contribution >= 0.6 is 0 Å². The molecule has 20 heavy (non-hydrogen) atoms. The van der Waals surface area contributed by atoms with Gasteiger partial charge in [-0.2, -0.15) is 0 Å². The fourth-order valence-corrected chi connectivity index (χ4v) is 3.29. The summed E-state index contributed by atoms with van der Waals surface area (Å²) in [6.45, 7) is 10.1. The Morgan fingerprint density at radius 1 is 1.40 bits per heavy atom. The average molecular weight is 284 g/mol. The first-order valence-electron chi connectivity index (χ1n) is 7.88. The van der Waals surface area contributed by atoms with Crippen molar-refractivity contribution in [2.24, 2.45) is 17.3 Å². The minimum Gasteiger partial charge on any atom is -0.393 e. The van der Waals surface area contributed by atoms with Gasteiger partial charge in [0.25, 0.3) is 0 Å². The lowest BCUT2D eigenvalue weighted by atomic mass is 9.84. The van der Waals surface area contributed by atoms with Crippen LogP contribution < -0.4 is 5.32 Å². The van der Waals surface area contributed by atoms with Crippen LogP contribution in [0.25, 0.3) is 0 Å². The molecule has 1 fully saturated rings. The minimum atomic E-state index is -0.234. The maximum absolute atomic E-state index is 12.1. The molecular weight excluding hydrogens is 252 g/mol. The molecule has 0 spiro atoms. The summed E-state index contributed by atoms with van der Waals surface area (Å²) in [6.07, 6.45) is 3.84. The normalized spacial score (nSPS) is 23.1. The highest BCUT2D eigenvalue weighted by Crippen LogP contribution is 2.26. The average Bonchev–Trinajstić information content (AvgIpc) is 2.70. The summed E-state index contributed by atoms with van der Waals surface area (Å²) in [6, 6.07) is -0.0269. The summed E-state index contributed by atoms with van der Waals surface area (Å²) in [5.74, 6) is 0.877. The second-order valence-corrected chi connectivity index (χ2v) is 7.56. The highest BCUT2D eigenvalue weighted by atomic mass is 16.3. The Kier molecular flexibility index (Phi) is 6.31. The van der Waals surface area contributed by atoms with Gasteiger partial charge in [-0.3, -0.25) is 0 Å². The summed E-state index contributed by atoms with van der Waals surface area (Å²) >= 11 is 0. The van der Waals surface area contributed by atoms with E-state index in [1.807, 2.05) is 7.05 Å². The monoisotopic (exact) mass is 284 g/mol. The molecule has 0 bridgehead atoms. The van der Waals surface area contributed by atoms with Crippen molar-refractivity contribution >= 4 is 6.03 Å². The molecule has 1 rings (SSSR count). The van der Waals surface area contributed by atoms with Gasteiger partial charge in [-0.05, 0) is 30.6 Å². The highest BCUT2D eigenvalue weighted by molar-refractivity contribution is 5.73. The number of rotatable bonds is 6. The van der Waals surface area contributed by atoms with Crippen molar-refractivity contribution in [1.82, 2.24) is 10.2 Å². The van der Waals surface area contributed by atoms with Gasteiger partial charge in [-0.15, -0.1) is 0 Å². The predicted octanol–water partition coefficient (Wildman–Crippen LogP) is 2.86. The van der Waals surface area contributed by atoms with E-state index in [2.05, 4.69) is 33.0 Å². The van der Waals surface area contributed by atoms with Gasteiger partial charge in [0, 0.05) is 26.1 Å². The molecule has 1 saturated carbocycles. The number of nitrogens with one attached hydrogen (secondary N) is 1. The Morgan fingerprint density at radius 3 is 2.55 bits per heavy atom. The molecule has 2 N–H and O–H groups in total. The van der Waals surface area contributed by atoms with Gasteiger partial charge in [0.05, 0.1) is 6.10 Å². The molecule has 2 amide bonds. The van der Waals surface area contributed by atoms with Crippen LogP contribution in [0.2, 0.25) is 0 Å². The SMILES string of the molecule is CC(C)CC(C)(C)CNC(=O)N(C)CC1CCCC1O. The molecule has 0 heterocycles. The molecule has 0 saturated heterocycles. The van der Waals surface area contributed by atoms with Crippen molar-refractivity contribution in [1.29, 1.82) is 0 Å². The van der Waals surface area contributed by atoms with Crippen LogP contribution in [0.1, 0.15) is 53.4 Å². The van der Waals surface area contributed by atoms with E-state index >= 15 is 0 Å². The number of amides is 2. The van der Waals surface area contributed by atoms with E-state index in [0.717, 1.165) is 25.7 Å². The van der Waals surface area contributed by atoms with Gasteiger partial charge in [0.1, 0.15) is 0 Å². The Hall–Kier alpha value is -0.770. The summed E-state index contributed by atoms with van der Waals surface area (Å²) in [4.78, 5) is 13.8. The van der Waals surface area contributed by atoms with Gasteiger partial charge in [0.2, 0.25) is 0 Å². The first-order chi connectivity index (χ1) is 9.21. The van der Waals surface area contributed by atoms with Gasteiger partial charge in [-0.1, -0.05) is 34.1 Å². The van der Waals surface area contributed by atoms with Crippen LogP contribution in [-0.4, -0.2) is 42.3 Å². The van der Waals surface area contributed by atoms with Crippen LogP contribution in [-0.2, 0) is 0 Å². The van der Waals surface area contributed by atoms with E-state index in [0.29, 0.717) is 19.0 Å². The number of carbonyl (C=O) groups excluding carboxylic acids is 1. The summed E-state index contributed by atoms with van der Waals surface area (Å²) in [5, 5.41) is 12.8. The molecule has 0 aromatic heterocycles. The first kappa shape index (κ1) is 17.3. The number of nitrogens with zero attached hydrogens (tertiary/aromatic N) is 1. The van der Waals surface area contributed by atoms with Gasteiger partial charge < -0.3 is 15.3 Å². The molecule has 4 nitrogen and oxygen atoms in total. The third-order valence-corrected chi connectivity index (χ3v) is 4.15. The van der Waals surface area contributed by atoms with Crippen molar-refractivity contribution in [2.75, 3.05) is 20.1 Å². The van der Waals surface area contributed by atoms with Crippen LogP contribution in [0, 0.1) is 17.3 Å². The van der Waals surface area contributed by atoms with E-state index in [1.165, 1.54) is 0 Å². The largest absolute Gasteiger partial charge is 0.393 e. The lowest BCUT2D eigenvalue weighted by molar-refractivity contribution is 0.113. The topological polar surface area (TPSA) is 52.6 Å². The molecule has 2 unspecified atom stereocenters. The van der Waals surface area contributed by atoms with Crippen molar-refractivity contribution in [2.45, 2.75) is 59.5 Å². The van der Waals surface area contributed by atoms with Crippen molar-refractivity contribution < 1.29 is 9.90 Å². The standard InChI is InChI=1S/C16H32N2O2/c1-12(2)9-16(3,4)11-17-15(20)18(5)10-13-7-6-8-14(13)19/h12-14,19H,6-11H2,1-5H3,(H,17,20). The zero-order valence-corrected chi connectivity index (χ0v) is 13.8. The molecule has 0 aromatic carbocycles. The van der Waals surface area contributed by atoms with E-state index in [1.54, 1.807) is 4.90 Å². The molecule has 4 heteroatoms. The molecule has 118 valence electrons. The Labute approximate surface area is 123 Å². The fourth-order valence-electron chi connectivity index (χ4n) is 3.29. The van der Waals surface area contributed by atoms with Crippen molar-refractivity contribution in [3.8, 4) is 0 Å². The molecule has 1 aliphatic carbocycles. The van der Waals surface area contributed by atoms with E-state index in [-0.39, 0.29) is 23.5 Å². The third-order valence-electron chi connectivity index (χ3n) is 4.15. The van der Waals surface area contributed by atoms with Crippen molar-refractivity contribution in [3.63, 3.8) is 0 Å². The molecule has 0 aromatic rings. The second kappa shape index (κ2) is 7.30. The first-order valence-corrected chi connectivity index (χ1v) is 7.88. The van der Waals surface area contributed by atoms with Gasteiger partial charge in [0.15, 0.2) is 0 Å². The Morgan fingerprint density at radius 2 is 2.05 bits per heavy atom. The number of urea groups is 1. The van der Waals surface area contributed by atoms with Crippen molar-refractivity contribution in [3.05, 3.63) is 0 Å². The second-order valence-electron chi connectivity index (χ2n) is 7.56. The lowest BCUT2D eigenvalue weighted by Gasteiger charge is -2.29. The van der Waals surface area contributed by atoms with Crippen LogP contribution in [0.5, 0.6) is 0 Å². The fraction of sp³-hybridized carbons (Fsp3) is 0.938.